The predicted molar refractivity (Wildman–Crippen MR) is 79.1 cm³/mol. The molecule has 106 valence electrons. The fraction of sp³-hybridized carbons (Fsp3) is 0.0909. The topological polar surface area (TPSA) is 81.2 Å². The lowest BCUT2D eigenvalue weighted by Gasteiger charge is -2.24. The Labute approximate surface area is 128 Å². The Balaban J connectivity index is 2.39. The van der Waals surface area contributed by atoms with Gasteiger partial charge in [-0.3, -0.25) is 4.21 Å². The minimum absolute atomic E-state index is 0.0372. The van der Waals surface area contributed by atoms with E-state index in [4.69, 9.17) is 23.2 Å². The van der Waals surface area contributed by atoms with Gasteiger partial charge in [0.1, 0.15) is 5.02 Å². The van der Waals surface area contributed by atoms with Crippen molar-refractivity contribution < 1.29 is 8.76 Å². The van der Waals surface area contributed by atoms with Gasteiger partial charge >= 0.3 is 0 Å². The molecular weight excluding hydrogens is 323 g/mol. The first-order chi connectivity index (χ1) is 9.49. The van der Waals surface area contributed by atoms with E-state index in [1.165, 1.54) is 13.2 Å². The van der Waals surface area contributed by atoms with Crippen LogP contribution in [-0.2, 0) is 11.3 Å². The molecule has 1 heterocycles. The van der Waals surface area contributed by atoms with Crippen LogP contribution in [0.1, 0.15) is 0 Å². The van der Waals surface area contributed by atoms with Crippen molar-refractivity contribution in [3.8, 4) is 0 Å². The van der Waals surface area contributed by atoms with Crippen molar-refractivity contribution in [2.24, 2.45) is 0 Å². The lowest BCUT2D eigenvalue weighted by atomic mass is 10.2. The molecule has 0 aliphatic carbocycles. The smallest absolute Gasteiger partial charge is 0.224 e. The van der Waals surface area contributed by atoms with Gasteiger partial charge < -0.3 is 14.2 Å². The van der Waals surface area contributed by atoms with E-state index in [2.05, 4.69) is 15.3 Å². The summed E-state index contributed by atoms with van der Waals surface area (Å²) in [7, 11) is 1.43. The number of aromatic nitrogens is 2. The molecule has 2 rings (SSSR count). The highest BCUT2D eigenvalue weighted by atomic mass is 35.5. The Bertz CT molecular complexity index is 656. The number of benzene rings is 1. The number of rotatable bonds is 4. The summed E-state index contributed by atoms with van der Waals surface area (Å²) in [5.74, 6) is 0.296. The van der Waals surface area contributed by atoms with Crippen molar-refractivity contribution in [2.45, 2.75) is 0 Å². The van der Waals surface area contributed by atoms with Crippen LogP contribution in [0.5, 0.6) is 0 Å². The molecule has 0 saturated carbocycles. The zero-order chi connectivity index (χ0) is 14.7. The third-order valence-corrected chi connectivity index (χ3v) is 3.54. The molecule has 9 heteroatoms. The summed E-state index contributed by atoms with van der Waals surface area (Å²) in [6, 6.07) is 6.82. The van der Waals surface area contributed by atoms with Crippen LogP contribution in [0.4, 0.5) is 17.2 Å². The zero-order valence-electron chi connectivity index (χ0n) is 10.2. The molecule has 6 nitrogen and oxygen atoms in total. The molecule has 2 aromatic rings. The molecule has 1 atom stereocenters. The number of halogens is 2. The molecule has 0 saturated heterocycles. The Morgan fingerprint density at radius 3 is 2.75 bits per heavy atom. The quantitative estimate of drug-likeness (QED) is 0.688. The average Bonchev–Trinajstić information content (AvgIpc) is 2.42. The van der Waals surface area contributed by atoms with Crippen LogP contribution in [0.15, 0.2) is 30.5 Å². The van der Waals surface area contributed by atoms with Crippen molar-refractivity contribution in [3.63, 3.8) is 0 Å². The number of para-hydroxylation sites is 2. The van der Waals surface area contributed by atoms with E-state index >= 15 is 0 Å². The fourth-order valence-corrected chi connectivity index (χ4v) is 2.09. The van der Waals surface area contributed by atoms with Crippen molar-refractivity contribution in [2.75, 3.05) is 16.7 Å². The van der Waals surface area contributed by atoms with Crippen LogP contribution in [0.2, 0.25) is 10.3 Å². The van der Waals surface area contributed by atoms with E-state index in [1.807, 2.05) is 0 Å². The maximum atomic E-state index is 11.1. The van der Waals surface area contributed by atoms with Crippen LogP contribution in [-0.4, -0.2) is 25.8 Å². The highest BCUT2D eigenvalue weighted by Crippen LogP contribution is 2.30. The van der Waals surface area contributed by atoms with Gasteiger partial charge in [0.2, 0.25) is 5.28 Å². The van der Waals surface area contributed by atoms with Crippen LogP contribution in [0.25, 0.3) is 0 Å². The van der Waals surface area contributed by atoms with E-state index < -0.39 is 11.3 Å². The van der Waals surface area contributed by atoms with Gasteiger partial charge in [0.05, 0.1) is 17.6 Å². The molecule has 1 unspecified atom stereocenters. The largest absolute Gasteiger partial charge is 0.755 e. The van der Waals surface area contributed by atoms with Crippen LogP contribution in [0, 0.1) is 0 Å². The minimum Gasteiger partial charge on any atom is -0.755 e. The SMILES string of the molecule is CN(c1ccccc1Nc1nc(Cl)ncc1Cl)S(=O)[O-]. The van der Waals surface area contributed by atoms with Crippen LogP contribution >= 0.6 is 23.2 Å². The number of nitrogens with one attached hydrogen (secondary N) is 1. The Kier molecular flexibility index (Phi) is 4.77. The molecule has 20 heavy (non-hydrogen) atoms. The molecule has 0 fully saturated rings. The third kappa shape index (κ3) is 3.37. The standard InChI is InChI=1S/C11H10Cl2N4O2S/c1-17(20(18)19)9-5-3-2-4-8(9)15-10-7(12)6-14-11(13)16-10/h2-6H,1H3,(H,18,19)(H,14,15,16)/p-1. The Morgan fingerprint density at radius 2 is 2.05 bits per heavy atom. The Hall–Kier alpha value is -1.41. The molecule has 0 aliphatic heterocycles. The van der Waals surface area contributed by atoms with Crippen molar-refractivity contribution in [1.82, 2.24) is 9.97 Å². The van der Waals surface area contributed by atoms with E-state index in [0.717, 1.165) is 4.31 Å². The summed E-state index contributed by atoms with van der Waals surface area (Å²) < 4.78 is 23.2. The summed E-state index contributed by atoms with van der Waals surface area (Å²) in [6.45, 7) is 0. The minimum atomic E-state index is -2.39. The summed E-state index contributed by atoms with van der Waals surface area (Å²) in [5, 5.41) is 3.25. The normalized spacial score (nSPS) is 12.0. The summed E-state index contributed by atoms with van der Waals surface area (Å²) >= 11 is 9.28. The second kappa shape index (κ2) is 6.36. The highest BCUT2D eigenvalue weighted by molar-refractivity contribution is 7.80. The maximum Gasteiger partial charge on any atom is 0.224 e. The van der Waals surface area contributed by atoms with E-state index in [-0.39, 0.29) is 10.3 Å². The Morgan fingerprint density at radius 1 is 1.35 bits per heavy atom. The van der Waals surface area contributed by atoms with E-state index in [0.29, 0.717) is 17.2 Å². The molecule has 0 aliphatic rings. The highest BCUT2D eigenvalue weighted by Gasteiger charge is 2.10. The lowest BCUT2D eigenvalue weighted by molar-refractivity contribution is 0.535. The summed E-state index contributed by atoms with van der Waals surface area (Å²) in [4.78, 5) is 7.69. The van der Waals surface area contributed by atoms with E-state index in [1.54, 1.807) is 24.3 Å². The summed E-state index contributed by atoms with van der Waals surface area (Å²) in [5.41, 5.74) is 0.975. The van der Waals surface area contributed by atoms with Crippen molar-refractivity contribution >= 4 is 51.7 Å². The van der Waals surface area contributed by atoms with Gasteiger partial charge in [-0.15, -0.1) is 0 Å². The molecule has 0 bridgehead atoms. The van der Waals surface area contributed by atoms with Gasteiger partial charge in [-0.05, 0) is 23.7 Å². The fourth-order valence-electron chi connectivity index (χ4n) is 1.50. The molecular formula is C11H9Cl2N4O2S-. The first-order valence-electron chi connectivity index (χ1n) is 5.36. The molecule has 1 N–H and O–H groups in total. The van der Waals surface area contributed by atoms with Crippen LogP contribution < -0.4 is 9.62 Å². The van der Waals surface area contributed by atoms with Gasteiger partial charge in [-0.25, -0.2) is 4.98 Å². The zero-order valence-corrected chi connectivity index (χ0v) is 12.5. The van der Waals surface area contributed by atoms with Gasteiger partial charge in [0.25, 0.3) is 0 Å². The van der Waals surface area contributed by atoms with Crippen molar-refractivity contribution in [3.05, 3.63) is 40.8 Å². The summed E-state index contributed by atoms with van der Waals surface area (Å²) in [6.07, 6.45) is 1.36. The molecule has 1 aromatic carbocycles. The van der Waals surface area contributed by atoms with E-state index in [9.17, 15) is 8.76 Å². The molecule has 0 radical (unpaired) electrons. The number of nitrogens with zero attached hydrogens (tertiary/aromatic N) is 3. The monoisotopic (exact) mass is 331 g/mol. The van der Waals surface area contributed by atoms with Gasteiger partial charge in [0.15, 0.2) is 5.82 Å². The number of anilines is 3. The molecule has 0 spiro atoms. The van der Waals surface area contributed by atoms with Crippen LogP contribution in [0.3, 0.4) is 0 Å². The molecule has 1 aromatic heterocycles. The lowest BCUT2D eigenvalue weighted by Crippen LogP contribution is -2.20. The molecule has 0 amide bonds. The first kappa shape index (κ1) is 15.0. The predicted octanol–water partition coefficient (Wildman–Crippen LogP) is 2.76. The second-order valence-electron chi connectivity index (χ2n) is 3.69. The average molecular weight is 332 g/mol. The van der Waals surface area contributed by atoms with Gasteiger partial charge in [-0.2, -0.15) is 4.98 Å². The first-order valence-corrected chi connectivity index (χ1v) is 7.15. The van der Waals surface area contributed by atoms with Gasteiger partial charge in [0, 0.05) is 18.3 Å². The maximum absolute atomic E-state index is 11.1. The van der Waals surface area contributed by atoms with Crippen molar-refractivity contribution in [1.29, 1.82) is 0 Å². The number of hydrogen-bond donors (Lipinski definition) is 1. The second-order valence-corrected chi connectivity index (χ2v) is 5.42. The third-order valence-electron chi connectivity index (χ3n) is 2.43. The van der Waals surface area contributed by atoms with Gasteiger partial charge in [-0.1, -0.05) is 23.7 Å². The number of hydrogen-bond acceptors (Lipinski definition) is 5.